The maximum atomic E-state index is 14.7. The molecule has 10 nitrogen and oxygen atoms in total. The normalized spacial score (nSPS) is 16.8. The Bertz CT molecular complexity index is 1710. The zero-order valence-corrected chi connectivity index (χ0v) is 20.7. The van der Waals surface area contributed by atoms with Gasteiger partial charge in [-0.15, -0.1) is 5.10 Å². The Morgan fingerprint density at radius 2 is 2.00 bits per heavy atom. The van der Waals surface area contributed by atoms with Gasteiger partial charge in [-0.3, -0.25) is 9.36 Å². The Labute approximate surface area is 218 Å². The second-order valence-corrected chi connectivity index (χ2v) is 9.63. The minimum Gasteiger partial charge on any atom is -0.397 e. The number of rotatable bonds is 4. The van der Waals surface area contributed by atoms with Gasteiger partial charge in [-0.1, -0.05) is 30.1 Å². The Kier molecular flexibility index (Phi) is 5.54. The van der Waals surface area contributed by atoms with Gasteiger partial charge in [0.05, 0.1) is 40.0 Å². The lowest BCUT2D eigenvalue weighted by atomic mass is 10.0. The van der Waals surface area contributed by atoms with Gasteiger partial charge in [-0.05, 0) is 46.7 Å². The number of hydrogen-bond acceptors (Lipinski definition) is 7. The van der Waals surface area contributed by atoms with E-state index in [0.717, 1.165) is 0 Å². The number of anilines is 1. The molecule has 5 aromatic rings. The van der Waals surface area contributed by atoms with E-state index in [0.29, 0.717) is 45.7 Å². The number of hydrogen-bond donors (Lipinski definition) is 2. The van der Waals surface area contributed by atoms with Crippen molar-refractivity contribution < 1.29 is 4.39 Å². The number of nitrogens with two attached hydrogens (primary N) is 1. The van der Waals surface area contributed by atoms with Crippen LogP contribution >= 0.6 is 23.2 Å². The lowest BCUT2D eigenvalue weighted by Crippen LogP contribution is -2.26. The molecular weight excluding hydrogens is 520 g/mol. The van der Waals surface area contributed by atoms with E-state index in [1.807, 2.05) is 6.92 Å². The molecule has 186 valence electrons. The highest BCUT2D eigenvalue weighted by Gasteiger charge is 2.35. The van der Waals surface area contributed by atoms with Crippen molar-refractivity contribution in [2.75, 3.05) is 5.73 Å². The van der Waals surface area contributed by atoms with E-state index in [1.165, 1.54) is 35.4 Å². The lowest BCUT2D eigenvalue weighted by Gasteiger charge is -2.16. The first-order chi connectivity index (χ1) is 17.8. The summed E-state index contributed by atoms with van der Waals surface area (Å²) in [6.07, 6.45) is 3.51. The van der Waals surface area contributed by atoms with E-state index in [1.54, 1.807) is 22.8 Å². The molecule has 0 spiro atoms. The molecule has 13 heteroatoms. The highest BCUT2D eigenvalue weighted by atomic mass is 35.5. The van der Waals surface area contributed by atoms with Crippen LogP contribution in [0.5, 0.6) is 0 Å². The highest BCUT2D eigenvalue weighted by Crippen LogP contribution is 2.37. The number of fused-ring (bicyclic) bond motifs is 1. The van der Waals surface area contributed by atoms with Crippen molar-refractivity contribution in [3.63, 3.8) is 0 Å². The minimum atomic E-state index is -0.639. The Hall–Kier alpha value is -4.09. The summed E-state index contributed by atoms with van der Waals surface area (Å²) in [6.45, 7) is 2.01. The van der Waals surface area contributed by atoms with Crippen molar-refractivity contribution in [2.24, 2.45) is 5.92 Å². The molecule has 0 bridgehead atoms. The van der Waals surface area contributed by atoms with Gasteiger partial charge in [0.25, 0.3) is 5.56 Å². The molecule has 0 fully saturated rings. The van der Waals surface area contributed by atoms with E-state index in [2.05, 4.69) is 25.5 Å². The molecule has 2 atom stereocenters. The van der Waals surface area contributed by atoms with Crippen molar-refractivity contribution in [2.45, 2.75) is 19.4 Å². The fraction of sp³-hybridized carbons (Fsp3) is 0.167. The van der Waals surface area contributed by atoms with Crippen LogP contribution in [0.3, 0.4) is 0 Å². The molecule has 0 unspecified atom stereocenters. The van der Waals surface area contributed by atoms with Crippen LogP contribution < -0.4 is 11.3 Å². The van der Waals surface area contributed by atoms with Crippen LogP contribution in [0.2, 0.25) is 10.0 Å². The number of benzene rings is 2. The monoisotopic (exact) mass is 537 g/mol. The van der Waals surface area contributed by atoms with Crippen LogP contribution in [0.15, 0.2) is 53.7 Å². The maximum Gasteiger partial charge on any atom is 0.254 e. The van der Waals surface area contributed by atoms with Gasteiger partial charge in [0.2, 0.25) is 0 Å². The zero-order chi connectivity index (χ0) is 25.8. The topological polar surface area (TPSA) is 133 Å². The van der Waals surface area contributed by atoms with Crippen LogP contribution in [0.4, 0.5) is 10.1 Å². The van der Waals surface area contributed by atoms with Crippen LogP contribution in [0, 0.1) is 11.7 Å². The number of aromatic nitrogens is 8. The van der Waals surface area contributed by atoms with Gasteiger partial charge in [0.1, 0.15) is 18.0 Å². The summed E-state index contributed by atoms with van der Waals surface area (Å²) in [7, 11) is 0. The second kappa shape index (κ2) is 8.79. The Balaban J connectivity index is 1.42. The number of tetrazole rings is 1. The predicted molar refractivity (Wildman–Crippen MR) is 136 cm³/mol. The van der Waals surface area contributed by atoms with Crippen LogP contribution in [0.1, 0.15) is 24.6 Å². The number of nitrogens with zero attached hydrogens (tertiary/aromatic N) is 7. The third kappa shape index (κ3) is 3.87. The molecule has 1 aliphatic heterocycles. The average molecular weight is 538 g/mol. The minimum absolute atomic E-state index is 0.00681. The van der Waals surface area contributed by atoms with Gasteiger partial charge in [0.15, 0.2) is 5.82 Å². The molecule has 0 saturated carbocycles. The first kappa shape index (κ1) is 23.3. The average Bonchev–Trinajstić information content (AvgIpc) is 3.62. The van der Waals surface area contributed by atoms with Crippen molar-refractivity contribution in [3.05, 3.63) is 86.8 Å². The number of H-pyrrole nitrogens is 1. The molecule has 3 aromatic heterocycles. The first-order valence-corrected chi connectivity index (χ1v) is 12.0. The lowest BCUT2D eigenvalue weighted by molar-refractivity contribution is 0.449. The Morgan fingerprint density at radius 3 is 2.78 bits per heavy atom. The standard InChI is InChI=1S/C24H18Cl2FN9O/c1-11-6-19-31-16(14-7-12(25)2-5-18(14)35-10-30-33-34-35)8-20(37)36(19)23(11)24-29-9-17(32-24)13-3-4-15(28)21(26)22(13)27/h2-5,7-11,23H,6,28H2,1H3,(H,29,32)/t11-,23-/m0/s1. The summed E-state index contributed by atoms with van der Waals surface area (Å²) in [5, 5.41) is 11.7. The number of aromatic amines is 1. The number of nitrogens with one attached hydrogen (secondary N) is 1. The quantitative estimate of drug-likeness (QED) is 0.330. The molecule has 37 heavy (non-hydrogen) atoms. The van der Waals surface area contributed by atoms with Crippen molar-refractivity contribution in [1.82, 2.24) is 39.7 Å². The summed E-state index contributed by atoms with van der Waals surface area (Å²) in [5.74, 6) is 0.470. The highest BCUT2D eigenvalue weighted by molar-refractivity contribution is 6.33. The molecule has 1 aliphatic rings. The third-order valence-electron chi connectivity index (χ3n) is 6.46. The second-order valence-electron chi connectivity index (χ2n) is 8.82. The van der Waals surface area contributed by atoms with Gasteiger partial charge in [-0.2, -0.15) is 4.68 Å². The van der Waals surface area contributed by atoms with E-state index in [9.17, 15) is 9.18 Å². The maximum absolute atomic E-state index is 14.7. The summed E-state index contributed by atoms with van der Waals surface area (Å²) in [6, 6.07) is 9.31. The molecule has 0 radical (unpaired) electrons. The molecule has 2 aromatic carbocycles. The van der Waals surface area contributed by atoms with Crippen molar-refractivity contribution in [1.29, 1.82) is 0 Å². The van der Waals surface area contributed by atoms with Gasteiger partial charge in [0, 0.05) is 28.6 Å². The fourth-order valence-corrected chi connectivity index (χ4v) is 5.08. The zero-order valence-electron chi connectivity index (χ0n) is 19.2. The molecule has 0 aliphatic carbocycles. The number of imidazole rings is 1. The third-order valence-corrected chi connectivity index (χ3v) is 7.07. The summed E-state index contributed by atoms with van der Waals surface area (Å²) >= 11 is 12.3. The molecule has 0 saturated heterocycles. The smallest absolute Gasteiger partial charge is 0.254 e. The van der Waals surface area contributed by atoms with Crippen LogP contribution in [-0.4, -0.2) is 39.7 Å². The van der Waals surface area contributed by atoms with E-state index in [4.69, 9.17) is 33.9 Å². The van der Waals surface area contributed by atoms with E-state index >= 15 is 0 Å². The number of nitrogen functional groups attached to an aromatic ring is 1. The molecular formula is C24H18Cl2FN9O. The largest absolute Gasteiger partial charge is 0.397 e. The van der Waals surface area contributed by atoms with Crippen molar-refractivity contribution in [3.8, 4) is 28.2 Å². The van der Waals surface area contributed by atoms with Gasteiger partial charge in [-0.25, -0.2) is 14.4 Å². The van der Waals surface area contributed by atoms with E-state index < -0.39 is 11.9 Å². The summed E-state index contributed by atoms with van der Waals surface area (Å²) in [5.41, 5.74) is 7.97. The number of halogens is 3. The molecule has 6 rings (SSSR count). The van der Waals surface area contributed by atoms with Crippen molar-refractivity contribution >= 4 is 28.9 Å². The van der Waals surface area contributed by atoms with Gasteiger partial charge < -0.3 is 10.7 Å². The predicted octanol–water partition coefficient (Wildman–Crippen LogP) is 4.09. The molecule has 4 heterocycles. The Morgan fingerprint density at radius 1 is 1.16 bits per heavy atom. The molecule has 0 amide bonds. The SMILES string of the molecule is C[C@H]1Cc2nc(-c3cc(Cl)ccc3-n3cnnn3)cc(=O)n2[C@@H]1c1ncc(-c2ccc(N)c(Cl)c2F)[nH]1. The van der Waals surface area contributed by atoms with Crippen LogP contribution in [0.25, 0.3) is 28.2 Å². The summed E-state index contributed by atoms with van der Waals surface area (Å²) < 4.78 is 17.8. The first-order valence-electron chi connectivity index (χ1n) is 11.3. The van der Waals surface area contributed by atoms with E-state index in [-0.39, 0.29) is 27.8 Å². The fourth-order valence-electron chi connectivity index (χ4n) is 4.75. The molecule has 3 N–H and O–H groups in total. The van der Waals surface area contributed by atoms with Gasteiger partial charge >= 0.3 is 0 Å². The van der Waals surface area contributed by atoms with Crippen LogP contribution in [-0.2, 0) is 6.42 Å². The summed E-state index contributed by atoms with van der Waals surface area (Å²) in [4.78, 5) is 25.9.